The Morgan fingerprint density at radius 3 is 2.65 bits per heavy atom. The van der Waals surface area contributed by atoms with Crippen molar-refractivity contribution >= 4 is 17.4 Å². The summed E-state index contributed by atoms with van der Waals surface area (Å²) in [5.41, 5.74) is 2.40. The SMILES string of the molecule is Cc1nc(NCc2ccccc2)cc(C(=O)Nc2cccc(C#N)c2)n1. The minimum atomic E-state index is -0.353. The Bertz CT molecular complexity index is 963. The first-order valence-corrected chi connectivity index (χ1v) is 8.09. The van der Waals surface area contributed by atoms with Crippen molar-refractivity contribution in [2.45, 2.75) is 13.5 Å². The Morgan fingerprint density at radius 2 is 1.88 bits per heavy atom. The van der Waals surface area contributed by atoms with E-state index >= 15 is 0 Å². The number of aryl methyl sites for hydroxylation is 1. The predicted octanol–water partition coefficient (Wildman–Crippen LogP) is 3.52. The van der Waals surface area contributed by atoms with Gasteiger partial charge in [0, 0.05) is 18.3 Å². The average Bonchev–Trinajstić information content (AvgIpc) is 2.67. The topological polar surface area (TPSA) is 90.7 Å². The van der Waals surface area contributed by atoms with Crippen LogP contribution in [0.2, 0.25) is 0 Å². The van der Waals surface area contributed by atoms with Crippen LogP contribution >= 0.6 is 0 Å². The van der Waals surface area contributed by atoms with Crippen LogP contribution in [-0.2, 0) is 6.54 Å². The zero-order valence-electron chi connectivity index (χ0n) is 14.2. The van der Waals surface area contributed by atoms with E-state index in [1.54, 1.807) is 37.3 Å². The summed E-state index contributed by atoms with van der Waals surface area (Å²) in [6.45, 7) is 2.34. The molecule has 0 saturated carbocycles. The average molecular weight is 343 g/mol. The minimum Gasteiger partial charge on any atom is -0.366 e. The molecule has 3 rings (SSSR count). The molecule has 1 aromatic heterocycles. The molecular formula is C20H17N5O. The molecule has 0 aliphatic heterocycles. The minimum absolute atomic E-state index is 0.260. The van der Waals surface area contributed by atoms with Gasteiger partial charge in [-0.15, -0.1) is 0 Å². The zero-order chi connectivity index (χ0) is 18.4. The molecule has 0 aliphatic rings. The maximum Gasteiger partial charge on any atom is 0.274 e. The van der Waals surface area contributed by atoms with Gasteiger partial charge in [-0.1, -0.05) is 36.4 Å². The van der Waals surface area contributed by atoms with E-state index in [-0.39, 0.29) is 11.6 Å². The normalized spacial score (nSPS) is 10.0. The number of anilines is 2. The summed E-state index contributed by atoms with van der Waals surface area (Å²) < 4.78 is 0. The second kappa shape index (κ2) is 7.90. The third-order valence-electron chi connectivity index (χ3n) is 3.64. The Kier molecular flexibility index (Phi) is 5.20. The molecular weight excluding hydrogens is 326 g/mol. The van der Waals surface area contributed by atoms with Crippen LogP contribution in [0.25, 0.3) is 0 Å². The van der Waals surface area contributed by atoms with E-state index in [4.69, 9.17) is 5.26 Å². The fourth-order valence-corrected chi connectivity index (χ4v) is 2.42. The van der Waals surface area contributed by atoms with Crippen molar-refractivity contribution in [1.29, 1.82) is 5.26 Å². The van der Waals surface area contributed by atoms with E-state index in [1.165, 1.54) is 0 Å². The van der Waals surface area contributed by atoms with E-state index < -0.39 is 0 Å². The first-order chi connectivity index (χ1) is 12.6. The number of nitrogens with zero attached hydrogens (tertiary/aromatic N) is 3. The molecule has 128 valence electrons. The van der Waals surface area contributed by atoms with Gasteiger partial charge in [-0.2, -0.15) is 5.26 Å². The van der Waals surface area contributed by atoms with Gasteiger partial charge in [0.05, 0.1) is 11.6 Å². The summed E-state index contributed by atoms with van der Waals surface area (Å²) >= 11 is 0. The van der Waals surface area contributed by atoms with Gasteiger partial charge in [0.15, 0.2) is 0 Å². The fourth-order valence-electron chi connectivity index (χ4n) is 2.42. The van der Waals surface area contributed by atoms with Gasteiger partial charge in [-0.3, -0.25) is 4.79 Å². The molecule has 2 N–H and O–H groups in total. The highest BCUT2D eigenvalue weighted by molar-refractivity contribution is 6.03. The molecule has 3 aromatic rings. The van der Waals surface area contributed by atoms with Crippen molar-refractivity contribution in [3.63, 3.8) is 0 Å². The van der Waals surface area contributed by atoms with Crippen LogP contribution in [-0.4, -0.2) is 15.9 Å². The number of carbonyl (C=O) groups excluding carboxylic acids is 1. The largest absolute Gasteiger partial charge is 0.366 e. The fraction of sp³-hybridized carbons (Fsp3) is 0.100. The molecule has 6 heteroatoms. The predicted molar refractivity (Wildman–Crippen MR) is 99.6 cm³/mol. The monoisotopic (exact) mass is 343 g/mol. The smallest absolute Gasteiger partial charge is 0.274 e. The van der Waals surface area contributed by atoms with Crippen molar-refractivity contribution in [2.24, 2.45) is 0 Å². The lowest BCUT2D eigenvalue weighted by Crippen LogP contribution is -2.16. The zero-order valence-corrected chi connectivity index (χ0v) is 14.2. The van der Waals surface area contributed by atoms with Crippen molar-refractivity contribution in [2.75, 3.05) is 10.6 Å². The van der Waals surface area contributed by atoms with Crippen LogP contribution in [0, 0.1) is 18.3 Å². The Labute approximate surface area is 151 Å². The highest BCUT2D eigenvalue weighted by atomic mass is 16.1. The third kappa shape index (κ3) is 4.42. The van der Waals surface area contributed by atoms with Crippen LogP contribution in [0.4, 0.5) is 11.5 Å². The van der Waals surface area contributed by atoms with Gasteiger partial charge in [-0.25, -0.2) is 9.97 Å². The number of aromatic nitrogens is 2. The van der Waals surface area contributed by atoms with Crippen molar-refractivity contribution in [3.05, 3.63) is 83.3 Å². The van der Waals surface area contributed by atoms with Gasteiger partial charge in [0.2, 0.25) is 0 Å². The molecule has 0 atom stereocenters. The number of nitrogens with one attached hydrogen (secondary N) is 2. The van der Waals surface area contributed by atoms with Crippen LogP contribution in [0.1, 0.15) is 27.4 Å². The molecule has 0 saturated heterocycles. The summed E-state index contributed by atoms with van der Waals surface area (Å²) in [4.78, 5) is 21.0. The number of hydrogen-bond donors (Lipinski definition) is 2. The molecule has 6 nitrogen and oxygen atoms in total. The number of amides is 1. The van der Waals surface area contributed by atoms with E-state index in [1.807, 2.05) is 36.4 Å². The molecule has 0 radical (unpaired) electrons. The van der Waals surface area contributed by atoms with Gasteiger partial charge in [0.25, 0.3) is 5.91 Å². The highest BCUT2D eigenvalue weighted by Gasteiger charge is 2.11. The second-order valence-electron chi connectivity index (χ2n) is 5.67. The third-order valence-corrected chi connectivity index (χ3v) is 3.64. The van der Waals surface area contributed by atoms with E-state index in [2.05, 4.69) is 20.6 Å². The summed E-state index contributed by atoms with van der Waals surface area (Å²) in [7, 11) is 0. The molecule has 0 bridgehead atoms. The van der Waals surface area contributed by atoms with E-state index in [0.717, 1.165) is 5.56 Å². The summed E-state index contributed by atoms with van der Waals surface area (Å²) in [6, 6.07) is 20.3. The van der Waals surface area contributed by atoms with Crippen molar-refractivity contribution < 1.29 is 4.79 Å². The number of carbonyl (C=O) groups is 1. The number of hydrogen-bond acceptors (Lipinski definition) is 5. The molecule has 0 spiro atoms. The lowest BCUT2D eigenvalue weighted by atomic mass is 10.2. The molecule has 1 heterocycles. The first kappa shape index (κ1) is 17.1. The van der Waals surface area contributed by atoms with E-state index in [0.29, 0.717) is 29.4 Å². The summed E-state index contributed by atoms with van der Waals surface area (Å²) in [5, 5.41) is 14.9. The standard InChI is InChI=1S/C20H17N5O/c1-14-23-18(20(26)25-17-9-5-8-16(10-17)12-21)11-19(24-14)22-13-15-6-3-2-4-7-15/h2-11H,13H2,1H3,(H,25,26)(H,22,23,24). The Balaban J connectivity index is 1.74. The molecule has 0 fully saturated rings. The van der Waals surface area contributed by atoms with E-state index in [9.17, 15) is 4.79 Å². The van der Waals surface area contributed by atoms with Gasteiger partial charge >= 0.3 is 0 Å². The molecule has 2 aromatic carbocycles. The quantitative estimate of drug-likeness (QED) is 0.739. The Hall–Kier alpha value is -3.72. The molecule has 1 amide bonds. The molecule has 26 heavy (non-hydrogen) atoms. The maximum atomic E-state index is 12.5. The highest BCUT2D eigenvalue weighted by Crippen LogP contribution is 2.13. The van der Waals surface area contributed by atoms with Crippen molar-refractivity contribution in [3.8, 4) is 6.07 Å². The first-order valence-electron chi connectivity index (χ1n) is 8.09. The lowest BCUT2D eigenvalue weighted by molar-refractivity contribution is 0.102. The van der Waals surface area contributed by atoms with Gasteiger partial charge < -0.3 is 10.6 Å². The number of nitriles is 1. The second-order valence-corrected chi connectivity index (χ2v) is 5.67. The van der Waals surface area contributed by atoms with Gasteiger partial charge in [-0.05, 0) is 30.7 Å². The van der Waals surface area contributed by atoms with Crippen LogP contribution < -0.4 is 10.6 Å². The summed E-state index contributed by atoms with van der Waals surface area (Å²) in [6.07, 6.45) is 0. The number of benzene rings is 2. The maximum absolute atomic E-state index is 12.5. The van der Waals surface area contributed by atoms with Crippen LogP contribution in [0.15, 0.2) is 60.7 Å². The lowest BCUT2D eigenvalue weighted by Gasteiger charge is -2.09. The molecule has 0 aliphatic carbocycles. The van der Waals surface area contributed by atoms with Crippen LogP contribution in [0.3, 0.4) is 0 Å². The van der Waals surface area contributed by atoms with Crippen LogP contribution in [0.5, 0.6) is 0 Å². The van der Waals surface area contributed by atoms with Crippen molar-refractivity contribution in [1.82, 2.24) is 9.97 Å². The Morgan fingerprint density at radius 1 is 1.08 bits per heavy atom. The molecule has 0 unspecified atom stereocenters. The van der Waals surface area contributed by atoms with Gasteiger partial charge in [0.1, 0.15) is 17.3 Å². The summed E-state index contributed by atoms with van der Waals surface area (Å²) in [5.74, 6) is 0.726. The number of rotatable bonds is 5.